The number of hydrogen-bond donors (Lipinski definition) is 2. The molecule has 9 nitrogen and oxygen atoms in total. The van der Waals surface area contributed by atoms with E-state index in [0.29, 0.717) is 17.0 Å². The van der Waals surface area contributed by atoms with Gasteiger partial charge in [0.05, 0.1) is 5.69 Å². The van der Waals surface area contributed by atoms with Crippen LogP contribution >= 0.6 is 0 Å². The van der Waals surface area contributed by atoms with Crippen LogP contribution in [0.15, 0.2) is 51.4 Å². The molecule has 2 N–H and O–H groups in total. The van der Waals surface area contributed by atoms with E-state index in [-0.39, 0.29) is 46.2 Å². The molecule has 0 unspecified atom stereocenters. The van der Waals surface area contributed by atoms with Crippen LogP contribution in [0.2, 0.25) is 0 Å². The number of benzene rings is 2. The van der Waals surface area contributed by atoms with Gasteiger partial charge in [-0.25, -0.2) is 17.6 Å². The van der Waals surface area contributed by atoms with Gasteiger partial charge in [0.25, 0.3) is 0 Å². The molecule has 4 rings (SSSR count). The van der Waals surface area contributed by atoms with E-state index in [9.17, 15) is 22.7 Å². The topological polar surface area (TPSA) is 132 Å². The number of carboxylic acids is 1. The Kier molecular flexibility index (Phi) is 5.81. The summed E-state index contributed by atoms with van der Waals surface area (Å²) < 4.78 is 53.3. The molecule has 0 aliphatic rings. The Bertz CT molecular complexity index is 1440. The maximum Gasteiger partial charge on any atom is 0.340 e. The van der Waals surface area contributed by atoms with Crippen molar-refractivity contribution in [3.8, 4) is 17.1 Å². The molecule has 0 fully saturated rings. The fraction of sp³-hybridized carbons (Fsp3) is 0.182. The van der Waals surface area contributed by atoms with Gasteiger partial charge < -0.3 is 24.1 Å². The number of anilines is 1. The van der Waals surface area contributed by atoms with Crippen LogP contribution in [-0.2, 0) is 16.4 Å². The van der Waals surface area contributed by atoms with Crippen molar-refractivity contribution in [3.63, 3.8) is 0 Å². The maximum absolute atomic E-state index is 13.3. The highest BCUT2D eigenvalue weighted by atomic mass is 32.2. The van der Waals surface area contributed by atoms with Crippen molar-refractivity contribution in [2.45, 2.75) is 13.5 Å². The number of nitrogens with one attached hydrogen (secondary N) is 1. The first-order valence-corrected chi connectivity index (χ1v) is 11.7. The lowest BCUT2D eigenvalue weighted by Gasteiger charge is -2.12. The second kappa shape index (κ2) is 8.58. The Morgan fingerprint density at radius 3 is 2.55 bits per heavy atom. The van der Waals surface area contributed by atoms with Crippen molar-refractivity contribution in [2.24, 2.45) is 0 Å². The molecule has 4 aromatic rings. The van der Waals surface area contributed by atoms with E-state index in [2.05, 4.69) is 10.5 Å². The first-order chi connectivity index (χ1) is 15.6. The molecule has 0 saturated heterocycles. The van der Waals surface area contributed by atoms with Crippen molar-refractivity contribution in [2.75, 3.05) is 17.4 Å². The average Bonchev–Trinajstić information content (AvgIpc) is 3.33. The predicted molar refractivity (Wildman–Crippen MR) is 117 cm³/mol. The molecule has 0 atom stereocenters. The largest absolute Gasteiger partial charge is 0.485 e. The molecule has 33 heavy (non-hydrogen) atoms. The molecule has 11 heteroatoms. The van der Waals surface area contributed by atoms with E-state index in [1.807, 2.05) is 0 Å². The van der Waals surface area contributed by atoms with Crippen LogP contribution in [0.3, 0.4) is 0 Å². The highest BCUT2D eigenvalue weighted by molar-refractivity contribution is 7.90. The normalized spacial score (nSPS) is 11.6. The molecule has 2 aromatic heterocycles. The molecular formula is C22H19FN2O7S. The summed E-state index contributed by atoms with van der Waals surface area (Å²) >= 11 is 0. The molecule has 0 aliphatic heterocycles. The van der Waals surface area contributed by atoms with Gasteiger partial charge in [0, 0.05) is 29.3 Å². The molecule has 2 heterocycles. The molecule has 0 amide bonds. The molecule has 0 bridgehead atoms. The number of aromatic nitrogens is 1. The smallest absolute Gasteiger partial charge is 0.340 e. The average molecular weight is 474 g/mol. The van der Waals surface area contributed by atoms with Crippen molar-refractivity contribution in [1.82, 2.24) is 5.16 Å². The Morgan fingerprint density at radius 2 is 1.94 bits per heavy atom. The van der Waals surface area contributed by atoms with E-state index >= 15 is 0 Å². The Morgan fingerprint density at radius 1 is 1.21 bits per heavy atom. The van der Waals surface area contributed by atoms with Crippen LogP contribution < -0.4 is 10.1 Å². The molecule has 0 aliphatic carbocycles. The van der Waals surface area contributed by atoms with Crippen molar-refractivity contribution >= 4 is 32.5 Å². The van der Waals surface area contributed by atoms with Crippen LogP contribution in [0.25, 0.3) is 22.3 Å². The summed E-state index contributed by atoms with van der Waals surface area (Å²) in [5.74, 6) is -1.28. The highest BCUT2D eigenvalue weighted by Gasteiger charge is 2.24. The van der Waals surface area contributed by atoms with Crippen LogP contribution in [0, 0.1) is 12.7 Å². The standard InChI is InChI=1S/C22H19FN2O7S/c1-12-7-15(25-32-12)10-30-19-8-16-18(9-17(19)24-11-33(2,28)29)31-21(20(16)22(26)27)13-3-5-14(23)6-4-13/h3-9,24H,10-11H2,1-2H3,(H,26,27). The van der Waals surface area contributed by atoms with Crippen LogP contribution in [0.4, 0.5) is 10.1 Å². The van der Waals surface area contributed by atoms with Gasteiger partial charge in [0.2, 0.25) is 0 Å². The number of halogens is 1. The van der Waals surface area contributed by atoms with E-state index < -0.39 is 21.6 Å². The van der Waals surface area contributed by atoms with Gasteiger partial charge in [-0.2, -0.15) is 0 Å². The summed E-state index contributed by atoms with van der Waals surface area (Å²) in [6.45, 7) is 1.73. The lowest BCUT2D eigenvalue weighted by atomic mass is 10.0. The molecule has 0 spiro atoms. The SMILES string of the molecule is Cc1cc(COc2cc3c(C(=O)O)c(-c4ccc(F)cc4)oc3cc2NCS(C)(=O)=O)no1. The molecule has 0 radical (unpaired) electrons. The number of carbonyl (C=O) groups is 1. The number of rotatable bonds is 8. The number of fused-ring (bicyclic) bond motifs is 1. The van der Waals surface area contributed by atoms with E-state index in [1.54, 1.807) is 13.0 Å². The van der Waals surface area contributed by atoms with E-state index in [4.69, 9.17) is 13.7 Å². The van der Waals surface area contributed by atoms with Crippen molar-refractivity contribution in [1.29, 1.82) is 0 Å². The number of hydrogen-bond acceptors (Lipinski definition) is 8. The zero-order chi connectivity index (χ0) is 23.8. The van der Waals surface area contributed by atoms with Crippen molar-refractivity contribution < 1.29 is 36.4 Å². The predicted octanol–water partition coefficient (Wildman–Crippen LogP) is 4.23. The maximum atomic E-state index is 13.3. The van der Waals surface area contributed by atoms with Gasteiger partial charge in [-0.05, 0) is 37.3 Å². The van der Waals surface area contributed by atoms with Gasteiger partial charge in [-0.1, -0.05) is 5.16 Å². The summed E-state index contributed by atoms with van der Waals surface area (Å²) in [7, 11) is -3.37. The van der Waals surface area contributed by atoms with Gasteiger partial charge >= 0.3 is 5.97 Å². The number of sulfone groups is 1. The minimum Gasteiger partial charge on any atom is -0.485 e. The summed E-state index contributed by atoms with van der Waals surface area (Å²) in [4.78, 5) is 12.1. The third-order valence-electron chi connectivity index (χ3n) is 4.69. The second-order valence-electron chi connectivity index (χ2n) is 7.43. The number of ether oxygens (including phenoxy) is 1. The molecular weight excluding hydrogens is 455 g/mol. The fourth-order valence-electron chi connectivity index (χ4n) is 3.24. The minimum atomic E-state index is -3.37. The van der Waals surface area contributed by atoms with E-state index in [1.165, 1.54) is 36.4 Å². The number of furan rings is 1. The van der Waals surface area contributed by atoms with Gasteiger partial charge in [-0.15, -0.1) is 0 Å². The van der Waals surface area contributed by atoms with E-state index in [0.717, 1.165) is 6.26 Å². The lowest BCUT2D eigenvalue weighted by Crippen LogP contribution is -2.13. The third kappa shape index (κ3) is 4.98. The Labute approximate surface area is 187 Å². The summed E-state index contributed by atoms with van der Waals surface area (Å²) in [5, 5.41) is 16.7. The fourth-order valence-corrected chi connectivity index (χ4v) is 3.66. The van der Waals surface area contributed by atoms with Crippen LogP contribution in [0.5, 0.6) is 5.75 Å². The highest BCUT2D eigenvalue weighted by Crippen LogP contribution is 2.39. The van der Waals surface area contributed by atoms with Crippen molar-refractivity contribution in [3.05, 3.63) is 65.3 Å². The second-order valence-corrected chi connectivity index (χ2v) is 9.57. The monoisotopic (exact) mass is 474 g/mol. The summed E-state index contributed by atoms with van der Waals surface area (Å²) in [5.41, 5.74) is 1.21. The van der Waals surface area contributed by atoms with Crippen LogP contribution in [0.1, 0.15) is 21.8 Å². The Balaban J connectivity index is 1.82. The minimum absolute atomic E-state index is 0.00147. The first-order valence-electron chi connectivity index (χ1n) is 9.67. The van der Waals surface area contributed by atoms with Gasteiger partial charge in [-0.3, -0.25) is 0 Å². The molecule has 172 valence electrons. The zero-order valence-electron chi connectivity index (χ0n) is 17.6. The number of carboxylic acid groups (broad SMARTS) is 1. The van der Waals surface area contributed by atoms with Crippen LogP contribution in [-0.4, -0.2) is 36.8 Å². The number of nitrogens with zero attached hydrogens (tertiary/aromatic N) is 1. The number of aryl methyl sites for hydroxylation is 1. The van der Waals surface area contributed by atoms with Gasteiger partial charge in [0.1, 0.15) is 52.4 Å². The molecule has 0 saturated carbocycles. The molecule has 2 aromatic carbocycles. The lowest BCUT2D eigenvalue weighted by molar-refractivity contribution is 0.0699. The summed E-state index contributed by atoms with van der Waals surface area (Å²) in [6, 6.07) is 9.80. The number of aromatic carboxylic acids is 1. The third-order valence-corrected chi connectivity index (χ3v) is 5.36. The quantitative estimate of drug-likeness (QED) is 0.385. The first kappa shape index (κ1) is 22.3. The Hall–Kier alpha value is -3.86. The zero-order valence-corrected chi connectivity index (χ0v) is 18.4. The summed E-state index contributed by atoms with van der Waals surface area (Å²) in [6.07, 6.45) is 1.07. The van der Waals surface area contributed by atoms with Gasteiger partial charge in [0.15, 0.2) is 9.84 Å².